The number of benzene rings is 2. The Hall–Kier alpha value is -3.32. The fraction of sp³-hybridized carbons (Fsp3) is 0.143. The number of rotatable bonds is 5. The predicted molar refractivity (Wildman–Crippen MR) is 95.2 cm³/mol. The van der Waals surface area contributed by atoms with Crippen LogP contribution in [0.2, 0.25) is 0 Å². The summed E-state index contributed by atoms with van der Waals surface area (Å²) < 4.78 is 0. The van der Waals surface area contributed by atoms with Crippen molar-refractivity contribution < 1.29 is 4.79 Å². The molecule has 0 radical (unpaired) electrons. The summed E-state index contributed by atoms with van der Waals surface area (Å²) in [5, 5.41) is 8.81. The third kappa shape index (κ3) is 4.15. The van der Waals surface area contributed by atoms with Crippen molar-refractivity contribution in [2.75, 3.05) is 0 Å². The van der Waals surface area contributed by atoms with Gasteiger partial charge in [-0.3, -0.25) is 4.79 Å². The summed E-state index contributed by atoms with van der Waals surface area (Å²) in [7, 11) is 0. The second kappa shape index (κ2) is 7.50. The summed E-state index contributed by atoms with van der Waals surface area (Å²) in [6.45, 7) is 1.96. The SMILES string of the molecule is Cc1cccc(C(=O)c2cnc(CCc3ccc(C#N)cc3)nc2)c1. The van der Waals surface area contributed by atoms with Crippen LogP contribution in [0.25, 0.3) is 0 Å². The van der Waals surface area contributed by atoms with Gasteiger partial charge in [0, 0.05) is 24.4 Å². The van der Waals surface area contributed by atoms with Crippen LogP contribution >= 0.6 is 0 Å². The Morgan fingerprint density at radius 2 is 1.72 bits per heavy atom. The van der Waals surface area contributed by atoms with Crippen molar-refractivity contribution in [2.45, 2.75) is 19.8 Å². The molecule has 122 valence electrons. The zero-order valence-corrected chi connectivity index (χ0v) is 13.9. The molecule has 3 aromatic rings. The summed E-state index contributed by atoms with van der Waals surface area (Å²) in [6, 6.07) is 17.1. The number of carbonyl (C=O) groups excluding carboxylic acids is 1. The summed E-state index contributed by atoms with van der Waals surface area (Å²) in [6.07, 6.45) is 4.65. The standard InChI is InChI=1S/C21H17N3O/c1-15-3-2-4-18(11-15)21(25)19-13-23-20(24-14-19)10-9-16-5-7-17(12-22)8-6-16/h2-8,11,13-14H,9-10H2,1H3. The average molecular weight is 327 g/mol. The number of nitrogens with zero attached hydrogens (tertiary/aromatic N) is 3. The molecule has 0 fully saturated rings. The van der Waals surface area contributed by atoms with Crippen LogP contribution in [0.5, 0.6) is 0 Å². The zero-order valence-electron chi connectivity index (χ0n) is 13.9. The van der Waals surface area contributed by atoms with Gasteiger partial charge in [0.05, 0.1) is 17.2 Å². The van der Waals surface area contributed by atoms with Crippen molar-refractivity contribution >= 4 is 5.78 Å². The van der Waals surface area contributed by atoms with E-state index in [1.54, 1.807) is 30.6 Å². The van der Waals surface area contributed by atoms with Gasteiger partial charge in [0.15, 0.2) is 5.78 Å². The first-order chi connectivity index (χ1) is 12.2. The molecule has 0 atom stereocenters. The Kier molecular flexibility index (Phi) is 4.96. The van der Waals surface area contributed by atoms with E-state index in [2.05, 4.69) is 16.0 Å². The fourth-order valence-electron chi connectivity index (χ4n) is 2.56. The molecule has 0 saturated heterocycles. The van der Waals surface area contributed by atoms with Crippen molar-refractivity contribution in [2.24, 2.45) is 0 Å². The van der Waals surface area contributed by atoms with E-state index in [0.29, 0.717) is 28.9 Å². The first kappa shape index (κ1) is 16.5. The van der Waals surface area contributed by atoms with Crippen LogP contribution in [0.3, 0.4) is 0 Å². The molecule has 0 saturated carbocycles. The largest absolute Gasteiger partial charge is 0.288 e. The second-order valence-corrected chi connectivity index (χ2v) is 5.90. The normalized spacial score (nSPS) is 10.2. The van der Waals surface area contributed by atoms with Gasteiger partial charge in [-0.2, -0.15) is 5.26 Å². The maximum absolute atomic E-state index is 12.4. The topological polar surface area (TPSA) is 66.6 Å². The molecular formula is C21H17N3O. The minimum absolute atomic E-state index is 0.0673. The van der Waals surface area contributed by atoms with Crippen LogP contribution < -0.4 is 0 Å². The molecule has 2 aromatic carbocycles. The van der Waals surface area contributed by atoms with E-state index in [-0.39, 0.29) is 5.78 Å². The molecule has 0 unspecified atom stereocenters. The maximum atomic E-state index is 12.4. The molecule has 4 heteroatoms. The number of nitriles is 1. The van der Waals surface area contributed by atoms with Crippen LogP contribution in [-0.4, -0.2) is 15.8 Å². The lowest BCUT2D eigenvalue weighted by molar-refractivity contribution is 0.103. The van der Waals surface area contributed by atoms with Gasteiger partial charge in [-0.05, 0) is 37.1 Å². The van der Waals surface area contributed by atoms with Gasteiger partial charge in [0.1, 0.15) is 5.82 Å². The third-order valence-electron chi connectivity index (χ3n) is 3.97. The molecule has 1 aromatic heterocycles. The zero-order chi connectivity index (χ0) is 17.6. The lowest BCUT2D eigenvalue weighted by atomic mass is 10.0. The van der Waals surface area contributed by atoms with Crippen molar-refractivity contribution in [1.82, 2.24) is 9.97 Å². The highest BCUT2D eigenvalue weighted by Gasteiger charge is 2.10. The highest BCUT2D eigenvalue weighted by molar-refractivity contribution is 6.08. The Morgan fingerprint density at radius 3 is 2.36 bits per heavy atom. The lowest BCUT2D eigenvalue weighted by Gasteiger charge is -2.04. The summed E-state index contributed by atoms with van der Waals surface area (Å²) in [5.41, 5.74) is 3.97. The fourth-order valence-corrected chi connectivity index (χ4v) is 2.56. The highest BCUT2D eigenvalue weighted by Crippen LogP contribution is 2.11. The minimum Gasteiger partial charge on any atom is -0.288 e. The molecule has 25 heavy (non-hydrogen) atoms. The molecule has 3 rings (SSSR count). The quantitative estimate of drug-likeness (QED) is 0.671. The third-order valence-corrected chi connectivity index (χ3v) is 3.97. The first-order valence-corrected chi connectivity index (χ1v) is 8.07. The van der Waals surface area contributed by atoms with Gasteiger partial charge in [-0.1, -0.05) is 35.9 Å². The molecule has 0 amide bonds. The number of ketones is 1. The number of aryl methyl sites for hydroxylation is 3. The van der Waals surface area contributed by atoms with E-state index in [9.17, 15) is 4.79 Å². The molecule has 1 heterocycles. The Bertz CT molecular complexity index is 923. The molecular weight excluding hydrogens is 310 g/mol. The van der Waals surface area contributed by atoms with E-state index < -0.39 is 0 Å². The monoisotopic (exact) mass is 327 g/mol. The molecule has 0 N–H and O–H groups in total. The van der Waals surface area contributed by atoms with Gasteiger partial charge in [-0.25, -0.2) is 9.97 Å². The lowest BCUT2D eigenvalue weighted by Crippen LogP contribution is -2.05. The molecule has 0 aliphatic heterocycles. The summed E-state index contributed by atoms with van der Waals surface area (Å²) >= 11 is 0. The number of aromatic nitrogens is 2. The predicted octanol–water partition coefficient (Wildman–Crippen LogP) is 3.67. The average Bonchev–Trinajstić information content (AvgIpc) is 2.66. The number of carbonyl (C=O) groups is 1. The van der Waals surface area contributed by atoms with Crippen LogP contribution in [0.15, 0.2) is 60.9 Å². The van der Waals surface area contributed by atoms with E-state index in [1.807, 2.05) is 37.3 Å². The smallest absolute Gasteiger partial charge is 0.196 e. The van der Waals surface area contributed by atoms with E-state index in [0.717, 1.165) is 17.5 Å². The van der Waals surface area contributed by atoms with E-state index in [4.69, 9.17) is 5.26 Å². The Morgan fingerprint density at radius 1 is 1.00 bits per heavy atom. The molecule has 4 nitrogen and oxygen atoms in total. The van der Waals surface area contributed by atoms with Crippen molar-refractivity contribution in [1.29, 1.82) is 5.26 Å². The van der Waals surface area contributed by atoms with Gasteiger partial charge < -0.3 is 0 Å². The maximum Gasteiger partial charge on any atom is 0.196 e. The minimum atomic E-state index is -0.0673. The van der Waals surface area contributed by atoms with Crippen LogP contribution in [0, 0.1) is 18.3 Å². The number of hydrogen-bond acceptors (Lipinski definition) is 4. The highest BCUT2D eigenvalue weighted by atomic mass is 16.1. The van der Waals surface area contributed by atoms with E-state index in [1.165, 1.54) is 0 Å². The van der Waals surface area contributed by atoms with Gasteiger partial charge >= 0.3 is 0 Å². The van der Waals surface area contributed by atoms with Gasteiger partial charge in [0.25, 0.3) is 0 Å². The summed E-state index contributed by atoms with van der Waals surface area (Å²) in [5.74, 6) is 0.632. The molecule has 0 aliphatic carbocycles. The Labute approximate surface area is 146 Å². The number of hydrogen-bond donors (Lipinski definition) is 0. The van der Waals surface area contributed by atoms with Crippen LogP contribution in [-0.2, 0) is 12.8 Å². The van der Waals surface area contributed by atoms with Gasteiger partial charge in [-0.15, -0.1) is 0 Å². The van der Waals surface area contributed by atoms with E-state index >= 15 is 0 Å². The van der Waals surface area contributed by atoms with Gasteiger partial charge in [0.2, 0.25) is 0 Å². The second-order valence-electron chi connectivity index (χ2n) is 5.90. The Balaban J connectivity index is 1.65. The van der Waals surface area contributed by atoms with Crippen LogP contribution in [0.1, 0.15) is 38.4 Å². The van der Waals surface area contributed by atoms with Crippen molar-refractivity contribution in [3.63, 3.8) is 0 Å². The van der Waals surface area contributed by atoms with Crippen molar-refractivity contribution in [3.8, 4) is 6.07 Å². The molecule has 0 bridgehead atoms. The first-order valence-electron chi connectivity index (χ1n) is 8.07. The molecule has 0 spiro atoms. The van der Waals surface area contributed by atoms with Crippen molar-refractivity contribution in [3.05, 3.63) is 94.6 Å². The van der Waals surface area contributed by atoms with Crippen LogP contribution in [0.4, 0.5) is 0 Å². The molecule has 0 aliphatic rings. The summed E-state index contributed by atoms with van der Waals surface area (Å²) in [4.78, 5) is 21.1.